The highest BCUT2D eigenvalue weighted by atomic mass is 16.1. The Morgan fingerprint density at radius 2 is 1.84 bits per heavy atom. The molecule has 8 heteroatoms. The molecule has 2 aromatic rings. The molecule has 1 amide bonds. The van der Waals surface area contributed by atoms with Gasteiger partial charge in [-0.05, 0) is 48.4 Å². The molecular weight excluding hydrogens is 390 g/mol. The van der Waals surface area contributed by atoms with E-state index >= 15 is 0 Å². The minimum atomic E-state index is -0.309. The first-order valence-electron chi connectivity index (χ1n) is 10.2. The van der Waals surface area contributed by atoms with E-state index in [1.807, 2.05) is 12.1 Å². The third-order valence-electron chi connectivity index (χ3n) is 6.12. The third-order valence-corrected chi connectivity index (χ3v) is 6.12. The fraction of sp³-hybridized carbons (Fsp3) is 0.261. The quantitative estimate of drug-likeness (QED) is 0.344. The largest absolute Gasteiger partial charge is 0.398 e. The summed E-state index contributed by atoms with van der Waals surface area (Å²) in [6, 6.07) is 5.29. The first kappa shape index (κ1) is 20.5. The number of aromatic nitrogens is 2. The van der Waals surface area contributed by atoms with Crippen LogP contribution in [-0.2, 0) is 4.79 Å². The van der Waals surface area contributed by atoms with Crippen LogP contribution in [-0.4, -0.2) is 21.9 Å². The average molecular weight is 418 g/mol. The van der Waals surface area contributed by atoms with Gasteiger partial charge < -0.3 is 27.8 Å². The molecule has 0 radical (unpaired) electrons. The lowest BCUT2D eigenvalue weighted by Gasteiger charge is -2.44. The highest BCUT2D eigenvalue weighted by Gasteiger charge is 2.44. The number of carbonyl (C=O) groups excluding carboxylic acids is 1. The highest BCUT2D eigenvalue weighted by molar-refractivity contribution is 5.80. The van der Waals surface area contributed by atoms with E-state index in [2.05, 4.69) is 45.9 Å². The fourth-order valence-electron chi connectivity index (χ4n) is 4.55. The summed E-state index contributed by atoms with van der Waals surface area (Å²) in [6.07, 6.45) is 9.51. The van der Waals surface area contributed by atoms with E-state index in [1.165, 1.54) is 0 Å². The zero-order valence-corrected chi connectivity index (χ0v) is 17.2. The van der Waals surface area contributed by atoms with Crippen molar-refractivity contribution in [1.29, 1.82) is 0 Å². The van der Waals surface area contributed by atoms with E-state index in [9.17, 15) is 4.79 Å². The Hall–Kier alpha value is -3.81. The van der Waals surface area contributed by atoms with Crippen molar-refractivity contribution in [3.05, 3.63) is 54.6 Å². The Morgan fingerprint density at radius 1 is 1.10 bits per heavy atom. The van der Waals surface area contributed by atoms with E-state index in [1.54, 1.807) is 18.2 Å². The lowest BCUT2D eigenvalue weighted by atomic mass is 9.65. The number of hydrogen-bond donors (Lipinski definition) is 5. The number of allylic oxidation sites excluding steroid dienone is 1. The van der Waals surface area contributed by atoms with Gasteiger partial charge in [-0.1, -0.05) is 37.5 Å². The smallest absolute Gasteiger partial charge is 0.231 e. The Morgan fingerprint density at radius 3 is 2.48 bits per heavy atom. The van der Waals surface area contributed by atoms with Crippen molar-refractivity contribution in [3.8, 4) is 0 Å². The van der Waals surface area contributed by atoms with Crippen molar-refractivity contribution in [1.82, 2.24) is 9.97 Å². The van der Waals surface area contributed by atoms with Gasteiger partial charge in [-0.15, -0.1) is 0 Å². The molecule has 1 aromatic heterocycles. The number of anilines is 5. The molecule has 8 N–H and O–H groups in total. The number of nitrogens with two attached hydrogens (primary N) is 3. The molecule has 160 valence electrons. The number of nitrogens with zero attached hydrogens (tertiary/aromatic N) is 2. The van der Waals surface area contributed by atoms with E-state index in [4.69, 9.17) is 17.2 Å². The Bertz CT molecular complexity index is 1080. The van der Waals surface area contributed by atoms with Crippen LogP contribution in [0.2, 0.25) is 0 Å². The zero-order valence-electron chi connectivity index (χ0n) is 17.2. The second-order valence-corrected chi connectivity index (χ2v) is 7.96. The molecule has 0 aliphatic heterocycles. The van der Waals surface area contributed by atoms with Gasteiger partial charge in [-0.2, -0.15) is 9.97 Å². The molecule has 2 bridgehead atoms. The summed E-state index contributed by atoms with van der Waals surface area (Å²) >= 11 is 0. The molecule has 1 saturated carbocycles. The molecule has 1 heterocycles. The predicted octanol–water partition coefficient (Wildman–Crippen LogP) is 3.15. The number of fused-ring (bicyclic) bond motifs is 2. The topological polar surface area (TPSA) is 145 Å². The molecule has 3 aliphatic carbocycles. The van der Waals surface area contributed by atoms with Crippen LogP contribution in [0.3, 0.4) is 0 Å². The summed E-state index contributed by atoms with van der Waals surface area (Å²) in [7, 11) is 0. The van der Waals surface area contributed by atoms with Crippen LogP contribution in [0.5, 0.6) is 0 Å². The molecule has 0 saturated heterocycles. The Balaban J connectivity index is 1.67. The van der Waals surface area contributed by atoms with Gasteiger partial charge in [0.1, 0.15) is 11.6 Å². The maximum atomic E-state index is 12.2. The second-order valence-electron chi connectivity index (χ2n) is 7.96. The van der Waals surface area contributed by atoms with Gasteiger partial charge in [0, 0.05) is 17.4 Å². The molecular formula is C23H27N7O. The molecule has 3 aliphatic rings. The van der Waals surface area contributed by atoms with E-state index < -0.39 is 0 Å². The first-order valence-corrected chi connectivity index (χ1v) is 10.2. The normalized spacial score (nSPS) is 23.9. The number of benzene rings is 1. The van der Waals surface area contributed by atoms with Gasteiger partial charge in [0.25, 0.3) is 0 Å². The molecule has 0 spiro atoms. The van der Waals surface area contributed by atoms with Crippen molar-refractivity contribution in [3.63, 3.8) is 0 Å². The Labute approximate surface area is 181 Å². The summed E-state index contributed by atoms with van der Waals surface area (Å²) in [5.74, 6) is 0.828. The van der Waals surface area contributed by atoms with E-state index in [0.29, 0.717) is 23.0 Å². The van der Waals surface area contributed by atoms with Gasteiger partial charge in [-0.25, -0.2) is 0 Å². The van der Waals surface area contributed by atoms with Crippen molar-refractivity contribution < 1.29 is 4.79 Å². The number of carbonyl (C=O) groups is 1. The molecule has 4 atom stereocenters. The predicted molar refractivity (Wildman–Crippen MR) is 126 cm³/mol. The Kier molecular flexibility index (Phi) is 5.37. The summed E-state index contributed by atoms with van der Waals surface area (Å²) < 4.78 is 0. The van der Waals surface area contributed by atoms with Gasteiger partial charge in [0.05, 0.1) is 11.5 Å². The van der Waals surface area contributed by atoms with Gasteiger partial charge in [-0.3, -0.25) is 4.79 Å². The SMILES string of the molecule is C=Cc1cc(Nc2nc(N)c(C=C)c(NC3C4C=CC(CC4)C3C(N)=O)n2)ccc1N. The fourth-order valence-corrected chi connectivity index (χ4v) is 4.55. The molecule has 5 rings (SSSR count). The summed E-state index contributed by atoms with van der Waals surface area (Å²) in [5, 5.41) is 6.59. The van der Waals surface area contributed by atoms with Crippen LogP contribution in [0.4, 0.5) is 29.0 Å². The van der Waals surface area contributed by atoms with Crippen LogP contribution in [0.15, 0.2) is 43.5 Å². The number of rotatable bonds is 7. The first-order chi connectivity index (χ1) is 14.9. The average Bonchev–Trinajstić information content (AvgIpc) is 2.75. The summed E-state index contributed by atoms with van der Waals surface area (Å²) in [4.78, 5) is 21.2. The van der Waals surface area contributed by atoms with Crippen LogP contribution < -0.4 is 27.8 Å². The summed E-state index contributed by atoms with van der Waals surface area (Å²) in [5.41, 5.74) is 20.6. The molecule has 1 fully saturated rings. The minimum Gasteiger partial charge on any atom is -0.398 e. The molecule has 31 heavy (non-hydrogen) atoms. The van der Waals surface area contributed by atoms with E-state index in [-0.39, 0.29) is 35.5 Å². The number of amides is 1. The van der Waals surface area contributed by atoms with E-state index in [0.717, 1.165) is 24.1 Å². The minimum absolute atomic E-state index is 0.135. The monoisotopic (exact) mass is 417 g/mol. The number of nitrogen functional groups attached to an aromatic ring is 2. The lowest BCUT2D eigenvalue weighted by molar-refractivity contribution is -0.124. The lowest BCUT2D eigenvalue weighted by Crippen LogP contribution is -2.51. The van der Waals surface area contributed by atoms with Crippen molar-refractivity contribution in [2.75, 3.05) is 22.1 Å². The van der Waals surface area contributed by atoms with Crippen LogP contribution in [0.1, 0.15) is 24.0 Å². The number of nitrogens with one attached hydrogen (secondary N) is 2. The standard InChI is InChI=1S/C23H27N7O/c1-3-12-11-15(9-10-17(12)24)27-23-29-20(25)16(4-2)22(30-23)28-19-14-7-5-13(6-8-14)18(19)21(26)31/h3-5,7,9-11,13-14,18-19H,1-2,6,8,24H2,(H2,26,31)(H4,25,27,28,29,30). The maximum absolute atomic E-state index is 12.2. The van der Waals surface area contributed by atoms with Gasteiger partial charge >= 0.3 is 0 Å². The molecule has 8 nitrogen and oxygen atoms in total. The van der Waals surface area contributed by atoms with Crippen molar-refractivity contribution in [2.24, 2.45) is 23.5 Å². The molecule has 1 aromatic carbocycles. The summed E-state index contributed by atoms with van der Waals surface area (Å²) in [6.45, 7) is 7.62. The number of hydrogen-bond acceptors (Lipinski definition) is 7. The van der Waals surface area contributed by atoms with Crippen LogP contribution in [0, 0.1) is 17.8 Å². The van der Waals surface area contributed by atoms with Crippen molar-refractivity contribution in [2.45, 2.75) is 18.9 Å². The zero-order chi connectivity index (χ0) is 22.1. The third kappa shape index (κ3) is 3.84. The molecule has 4 unspecified atom stereocenters. The second kappa shape index (κ2) is 8.14. The van der Waals surface area contributed by atoms with Crippen LogP contribution >= 0.6 is 0 Å². The van der Waals surface area contributed by atoms with Crippen molar-refractivity contribution >= 4 is 47.0 Å². The maximum Gasteiger partial charge on any atom is 0.231 e. The van der Waals surface area contributed by atoms with Crippen LogP contribution in [0.25, 0.3) is 12.2 Å². The number of primary amides is 1. The van der Waals surface area contributed by atoms with Gasteiger partial charge in [0.15, 0.2) is 0 Å². The highest BCUT2D eigenvalue weighted by Crippen LogP contribution is 2.42. The van der Waals surface area contributed by atoms with Gasteiger partial charge in [0.2, 0.25) is 11.9 Å².